The predicted octanol–water partition coefficient (Wildman–Crippen LogP) is 0.142. The zero-order chi connectivity index (χ0) is 14.3. The van der Waals surface area contributed by atoms with E-state index in [0.717, 1.165) is 25.7 Å². The van der Waals surface area contributed by atoms with Crippen molar-refractivity contribution in [3.8, 4) is 0 Å². The van der Waals surface area contributed by atoms with E-state index >= 15 is 0 Å². The van der Waals surface area contributed by atoms with Crippen LogP contribution in [0.5, 0.6) is 0 Å². The van der Waals surface area contributed by atoms with E-state index in [-0.39, 0.29) is 28.0 Å². The van der Waals surface area contributed by atoms with E-state index in [0.29, 0.717) is 0 Å². The van der Waals surface area contributed by atoms with Crippen molar-refractivity contribution < 1.29 is 9.59 Å². The van der Waals surface area contributed by atoms with Gasteiger partial charge in [0.05, 0.1) is 9.74 Å². The maximum Gasteiger partial charge on any atom is 0.243 e. The number of hydrogen-bond acceptors (Lipinski definition) is 6. The van der Waals surface area contributed by atoms with Crippen molar-refractivity contribution in [2.45, 2.75) is 41.8 Å². The fourth-order valence-electron chi connectivity index (χ4n) is 1.70. The highest BCUT2D eigenvalue weighted by Gasteiger charge is 2.45. The van der Waals surface area contributed by atoms with Crippen molar-refractivity contribution in [2.24, 2.45) is 0 Å². The Kier molecular flexibility index (Phi) is 4.06. The molecule has 108 valence electrons. The van der Waals surface area contributed by atoms with Crippen LogP contribution >= 0.6 is 25.3 Å². The normalized spacial score (nSPS) is 22.2. The molecule has 2 rings (SSSR count). The maximum atomic E-state index is 11.7. The number of hydrogen-bond donors (Lipinski definition) is 4. The molecular weight excluding hydrogens is 284 g/mol. The minimum atomic E-state index is -0.335. The first kappa shape index (κ1) is 15.0. The third-order valence-electron chi connectivity index (χ3n) is 3.55. The first-order valence-corrected chi connectivity index (χ1v) is 7.16. The molecule has 0 aromatic heterocycles. The van der Waals surface area contributed by atoms with Crippen LogP contribution in [0.3, 0.4) is 0 Å². The summed E-state index contributed by atoms with van der Waals surface area (Å²) >= 11 is 8.84. The van der Waals surface area contributed by atoms with E-state index < -0.39 is 0 Å². The number of hydrazine groups is 2. The van der Waals surface area contributed by atoms with E-state index in [1.54, 1.807) is 24.1 Å². The van der Waals surface area contributed by atoms with Crippen LogP contribution in [0.2, 0.25) is 0 Å². The van der Waals surface area contributed by atoms with Crippen LogP contribution in [0.15, 0.2) is 0 Å². The van der Waals surface area contributed by atoms with Crippen LogP contribution in [0.25, 0.3) is 0 Å². The number of thiol groups is 2. The van der Waals surface area contributed by atoms with Crippen LogP contribution in [-0.2, 0) is 9.59 Å². The van der Waals surface area contributed by atoms with Gasteiger partial charge in [0.25, 0.3) is 0 Å². The van der Waals surface area contributed by atoms with Crippen LogP contribution in [0.1, 0.15) is 32.1 Å². The Bertz CT molecular complexity index is 360. The first-order chi connectivity index (χ1) is 8.75. The molecule has 0 saturated heterocycles. The highest BCUT2D eigenvalue weighted by Crippen LogP contribution is 2.43. The summed E-state index contributed by atoms with van der Waals surface area (Å²) in [6.45, 7) is 0. The van der Waals surface area contributed by atoms with Gasteiger partial charge < -0.3 is 0 Å². The molecule has 2 aliphatic carbocycles. The van der Waals surface area contributed by atoms with Crippen LogP contribution in [-0.4, -0.2) is 45.7 Å². The molecule has 0 aromatic carbocycles. The average Bonchev–Trinajstić information content (AvgIpc) is 3.18. The van der Waals surface area contributed by atoms with Gasteiger partial charge >= 0.3 is 0 Å². The molecule has 0 spiro atoms. The Morgan fingerprint density at radius 2 is 1.26 bits per heavy atom. The Hall–Kier alpha value is -0.440. The fraction of sp³-hybridized carbons (Fsp3) is 0.818. The van der Waals surface area contributed by atoms with E-state index in [4.69, 9.17) is 0 Å². The molecular formula is C11H20N4O2S2. The van der Waals surface area contributed by atoms with E-state index in [1.165, 1.54) is 0 Å². The molecule has 0 heterocycles. The van der Waals surface area contributed by atoms with Crippen LogP contribution in [0.4, 0.5) is 0 Å². The Balaban J connectivity index is 1.71. The van der Waals surface area contributed by atoms with Gasteiger partial charge in [-0.2, -0.15) is 25.3 Å². The highest BCUT2D eigenvalue weighted by molar-refractivity contribution is 7.82. The van der Waals surface area contributed by atoms with Gasteiger partial charge in [-0.15, -0.1) is 0 Å². The summed E-state index contributed by atoms with van der Waals surface area (Å²) in [6.07, 6.45) is 3.53. The molecule has 2 aliphatic rings. The van der Waals surface area contributed by atoms with Crippen molar-refractivity contribution in [1.29, 1.82) is 0 Å². The molecule has 0 unspecified atom stereocenters. The predicted molar refractivity (Wildman–Crippen MR) is 78.3 cm³/mol. The molecule has 0 aromatic rings. The molecule has 2 fully saturated rings. The van der Waals surface area contributed by atoms with Gasteiger partial charge in [0.1, 0.15) is 6.42 Å². The maximum absolute atomic E-state index is 11.7. The Morgan fingerprint density at radius 1 is 0.947 bits per heavy atom. The lowest BCUT2D eigenvalue weighted by molar-refractivity contribution is -0.134. The summed E-state index contributed by atoms with van der Waals surface area (Å²) in [5, 5.41) is 3.33. The minimum Gasteiger partial charge on any atom is -0.287 e. The van der Waals surface area contributed by atoms with Crippen molar-refractivity contribution in [3.05, 3.63) is 0 Å². The van der Waals surface area contributed by atoms with Crippen molar-refractivity contribution >= 4 is 37.1 Å². The van der Waals surface area contributed by atoms with Gasteiger partial charge in [-0.25, -0.2) is 10.0 Å². The van der Waals surface area contributed by atoms with Crippen molar-refractivity contribution in [2.75, 3.05) is 14.1 Å². The number of nitrogens with one attached hydrogen (secondary N) is 2. The lowest BCUT2D eigenvalue weighted by Gasteiger charge is -2.25. The molecule has 8 heteroatoms. The minimum absolute atomic E-state index is 0.206. The van der Waals surface area contributed by atoms with Gasteiger partial charge in [0.2, 0.25) is 11.8 Å². The number of carbonyl (C=O) groups is 2. The zero-order valence-corrected chi connectivity index (χ0v) is 12.9. The highest BCUT2D eigenvalue weighted by atomic mass is 32.1. The second-order valence-corrected chi connectivity index (χ2v) is 6.99. The van der Waals surface area contributed by atoms with E-state index in [9.17, 15) is 9.59 Å². The van der Waals surface area contributed by atoms with Gasteiger partial charge in [-0.3, -0.25) is 20.4 Å². The topological polar surface area (TPSA) is 64.7 Å². The zero-order valence-electron chi connectivity index (χ0n) is 11.1. The summed E-state index contributed by atoms with van der Waals surface area (Å²) in [5.41, 5.74) is 5.32. The fourth-order valence-corrected chi connectivity index (χ4v) is 2.03. The summed E-state index contributed by atoms with van der Waals surface area (Å²) in [5.74, 6) is -0.671. The smallest absolute Gasteiger partial charge is 0.243 e. The number of nitrogens with zero attached hydrogens (tertiary/aromatic N) is 2. The Labute approximate surface area is 124 Å². The second-order valence-electron chi connectivity index (χ2n) is 5.33. The third kappa shape index (κ3) is 3.77. The third-order valence-corrected chi connectivity index (χ3v) is 5.04. The monoisotopic (exact) mass is 304 g/mol. The number of carbonyl (C=O) groups excluding carboxylic acids is 2. The first-order valence-electron chi connectivity index (χ1n) is 6.27. The number of amides is 2. The van der Waals surface area contributed by atoms with Gasteiger partial charge in [-0.1, -0.05) is 0 Å². The van der Waals surface area contributed by atoms with Crippen molar-refractivity contribution in [3.63, 3.8) is 0 Å². The lowest BCUT2D eigenvalue weighted by Crippen LogP contribution is -2.49. The number of rotatable bonds is 6. The molecule has 0 radical (unpaired) electrons. The summed E-state index contributed by atoms with van der Waals surface area (Å²) in [4.78, 5) is 22.9. The molecule has 0 aliphatic heterocycles. The van der Waals surface area contributed by atoms with E-state index in [2.05, 4.69) is 36.1 Å². The van der Waals surface area contributed by atoms with E-state index in [1.807, 2.05) is 0 Å². The molecule has 6 nitrogen and oxygen atoms in total. The molecule has 0 atom stereocenters. The molecule has 19 heavy (non-hydrogen) atoms. The standard InChI is InChI=1S/C11H20N4O2S2/c1-14(10(18)3-4-10)12-8(16)7-9(17)13-15(2)11(19)5-6-11/h18-19H,3-7H2,1-2H3,(H,12,16)(H,13,17). The quantitative estimate of drug-likeness (QED) is 0.244. The van der Waals surface area contributed by atoms with Crippen LogP contribution in [0, 0.1) is 0 Å². The van der Waals surface area contributed by atoms with Gasteiger partial charge in [-0.05, 0) is 25.7 Å². The second kappa shape index (κ2) is 5.16. The van der Waals surface area contributed by atoms with Crippen LogP contribution < -0.4 is 10.9 Å². The van der Waals surface area contributed by atoms with Gasteiger partial charge in [0, 0.05) is 14.1 Å². The molecule has 0 bridgehead atoms. The summed E-state index contributed by atoms with van der Waals surface area (Å²) in [7, 11) is 3.52. The summed E-state index contributed by atoms with van der Waals surface area (Å²) in [6, 6.07) is 0. The lowest BCUT2D eigenvalue weighted by atomic mass is 10.4. The molecule has 2 amide bonds. The van der Waals surface area contributed by atoms with Gasteiger partial charge in [0.15, 0.2) is 0 Å². The molecule has 2 N–H and O–H groups in total. The van der Waals surface area contributed by atoms with Crippen molar-refractivity contribution in [1.82, 2.24) is 20.9 Å². The summed E-state index contributed by atoms with van der Waals surface area (Å²) < 4.78 is 0. The molecule has 2 saturated carbocycles. The average molecular weight is 304 g/mol. The Morgan fingerprint density at radius 3 is 1.53 bits per heavy atom. The largest absolute Gasteiger partial charge is 0.287 e. The SMILES string of the molecule is CN(NC(=O)CC(=O)NN(C)C1(S)CC1)C1(S)CC1.